The van der Waals surface area contributed by atoms with E-state index in [2.05, 4.69) is 21.7 Å². The molecule has 1 aromatic carbocycles. The zero-order valence-corrected chi connectivity index (χ0v) is 12.4. The Kier molecular flexibility index (Phi) is 3.54. The molecule has 0 saturated carbocycles. The van der Waals surface area contributed by atoms with Gasteiger partial charge in [0.1, 0.15) is 4.88 Å². The molecule has 0 saturated heterocycles. The van der Waals surface area contributed by atoms with Gasteiger partial charge < -0.3 is 10.6 Å². The molecule has 0 unspecified atom stereocenters. The lowest BCUT2D eigenvalue weighted by molar-refractivity contribution is 0.102. The van der Waals surface area contributed by atoms with Gasteiger partial charge in [0.05, 0.1) is 10.7 Å². The van der Waals surface area contributed by atoms with Gasteiger partial charge in [-0.1, -0.05) is 12.1 Å². The van der Waals surface area contributed by atoms with Gasteiger partial charge in [0, 0.05) is 12.2 Å². The first kappa shape index (κ1) is 13.3. The summed E-state index contributed by atoms with van der Waals surface area (Å²) in [5.74, 6) is -0.0555. The van der Waals surface area contributed by atoms with E-state index in [1.807, 2.05) is 26.0 Å². The Hall–Kier alpha value is -1.72. The number of hydrogen-bond acceptors (Lipinski definition) is 4. The minimum Gasteiger partial charge on any atom is -0.321 e. The molecule has 2 heterocycles. The number of benzene rings is 1. The van der Waals surface area contributed by atoms with Gasteiger partial charge in [-0.3, -0.25) is 4.79 Å². The van der Waals surface area contributed by atoms with Gasteiger partial charge in [0.25, 0.3) is 5.91 Å². The van der Waals surface area contributed by atoms with Crippen molar-refractivity contribution in [3.63, 3.8) is 0 Å². The average Bonchev–Trinajstić information content (AvgIpc) is 2.78. The molecule has 0 aliphatic carbocycles. The first-order valence-corrected chi connectivity index (χ1v) is 7.53. The van der Waals surface area contributed by atoms with Gasteiger partial charge in [0.2, 0.25) is 0 Å². The zero-order valence-electron chi connectivity index (χ0n) is 11.6. The largest absolute Gasteiger partial charge is 0.321 e. The molecule has 20 heavy (non-hydrogen) atoms. The van der Waals surface area contributed by atoms with Crippen LogP contribution in [0.1, 0.15) is 31.5 Å². The predicted octanol–water partition coefficient (Wildman–Crippen LogP) is 2.66. The van der Waals surface area contributed by atoms with Crippen molar-refractivity contribution in [2.45, 2.75) is 26.8 Å². The molecule has 0 fully saturated rings. The Morgan fingerprint density at radius 2 is 2.25 bits per heavy atom. The number of carbonyl (C=O) groups excluding carboxylic acids is 1. The number of nitrogens with zero attached hydrogens (tertiary/aromatic N) is 1. The van der Waals surface area contributed by atoms with Crippen molar-refractivity contribution in [3.05, 3.63) is 44.9 Å². The molecular formula is C15H17N3OS. The molecule has 0 atom stereocenters. The van der Waals surface area contributed by atoms with Crippen molar-refractivity contribution < 1.29 is 4.79 Å². The number of fused-ring (bicyclic) bond motifs is 1. The van der Waals surface area contributed by atoms with Crippen LogP contribution >= 0.6 is 11.3 Å². The molecule has 0 spiro atoms. The predicted molar refractivity (Wildman–Crippen MR) is 81.4 cm³/mol. The van der Waals surface area contributed by atoms with Gasteiger partial charge in [-0.25, -0.2) is 4.98 Å². The lowest BCUT2D eigenvalue weighted by Crippen LogP contribution is -2.25. The second kappa shape index (κ2) is 5.34. The summed E-state index contributed by atoms with van der Waals surface area (Å²) >= 11 is 1.44. The summed E-state index contributed by atoms with van der Waals surface area (Å²) < 4.78 is 0. The van der Waals surface area contributed by atoms with Crippen molar-refractivity contribution >= 4 is 22.9 Å². The van der Waals surface area contributed by atoms with Gasteiger partial charge in [-0.05, 0) is 44.0 Å². The van der Waals surface area contributed by atoms with Crippen LogP contribution in [0.3, 0.4) is 0 Å². The molecule has 104 valence electrons. The van der Waals surface area contributed by atoms with Gasteiger partial charge >= 0.3 is 0 Å². The van der Waals surface area contributed by atoms with Crippen molar-refractivity contribution in [2.75, 3.05) is 11.9 Å². The van der Waals surface area contributed by atoms with E-state index in [4.69, 9.17) is 0 Å². The maximum absolute atomic E-state index is 12.4. The van der Waals surface area contributed by atoms with Crippen LogP contribution < -0.4 is 10.6 Å². The molecular weight excluding hydrogens is 270 g/mol. The summed E-state index contributed by atoms with van der Waals surface area (Å²) in [6.07, 6.45) is 0.951. The van der Waals surface area contributed by atoms with E-state index < -0.39 is 0 Å². The van der Waals surface area contributed by atoms with Crippen LogP contribution in [0.2, 0.25) is 0 Å². The highest BCUT2D eigenvalue weighted by Crippen LogP contribution is 2.25. The third-order valence-corrected chi connectivity index (χ3v) is 4.57. The first-order chi connectivity index (χ1) is 9.65. The third-order valence-electron chi connectivity index (χ3n) is 3.50. The minimum absolute atomic E-state index is 0.0555. The number of aromatic nitrogens is 1. The Morgan fingerprint density at radius 1 is 1.40 bits per heavy atom. The Bertz CT molecular complexity index is 663. The molecule has 3 rings (SSSR count). The quantitative estimate of drug-likeness (QED) is 0.893. The number of carbonyl (C=O) groups is 1. The summed E-state index contributed by atoms with van der Waals surface area (Å²) in [5, 5.41) is 7.31. The summed E-state index contributed by atoms with van der Waals surface area (Å²) in [6, 6.07) is 6.08. The van der Waals surface area contributed by atoms with Gasteiger partial charge in [-0.2, -0.15) is 0 Å². The molecule has 4 nitrogen and oxygen atoms in total. The van der Waals surface area contributed by atoms with Gasteiger partial charge in [0.15, 0.2) is 0 Å². The molecule has 5 heteroatoms. The Labute approximate surface area is 122 Å². The average molecular weight is 287 g/mol. The zero-order chi connectivity index (χ0) is 14.1. The van der Waals surface area contributed by atoms with Crippen molar-refractivity contribution in [3.8, 4) is 0 Å². The van der Waals surface area contributed by atoms with E-state index in [0.29, 0.717) is 4.88 Å². The summed E-state index contributed by atoms with van der Waals surface area (Å²) in [7, 11) is 0. The van der Waals surface area contributed by atoms with Crippen LogP contribution in [0.5, 0.6) is 0 Å². The van der Waals surface area contributed by atoms with E-state index in [1.54, 1.807) is 0 Å². The van der Waals surface area contributed by atoms with Crippen LogP contribution in [0.25, 0.3) is 0 Å². The number of amides is 1. The monoisotopic (exact) mass is 287 g/mol. The molecule has 1 aliphatic heterocycles. The number of anilines is 1. The van der Waals surface area contributed by atoms with Crippen LogP contribution in [-0.2, 0) is 13.0 Å². The maximum atomic E-state index is 12.4. The standard InChI is InChI=1S/C15H17N3OS/c1-9-14(20-10(2)17-9)15(19)18-13-5-3-4-11-8-16-7-6-12(11)13/h3-5,16H,6-8H2,1-2H3,(H,18,19). The molecule has 1 amide bonds. The highest BCUT2D eigenvalue weighted by Gasteiger charge is 2.17. The SMILES string of the molecule is Cc1nc(C)c(C(=O)Nc2cccc3c2CCNC3)s1. The number of thiazole rings is 1. The Balaban J connectivity index is 1.88. The van der Waals surface area contributed by atoms with E-state index in [1.165, 1.54) is 22.5 Å². The van der Waals surface area contributed by atoms with E-state index in [0.717, 1.165) is 35.9 Å². The van der Waals surface area contributed by atoms with Crippen molar-refractivity contribution in [2.24, 2.45) is 0 Å². The van der Waals surface area contributed by atoms with E-state index >= 15 is 0 Å². The highest BCUT2D eigenvalue weighted by atomic mass is 32.1. The molecule has 2 aromatic rings. The fraction of sp³-hybridized carbons (Fsp3) is 0.333. The fourth-order valence-electron chi connectivity index (χ4n) is 2.57. The molecule has 0 bridgehead atoms. The van der Waals surface area contributed by atoms with Crippen molar-refractivity contribution in [1.29, 1.82) is 0 Å². The second-order valence-corrected chi connectivity index (χ2v) is 6.17. The second-order valence-electron chi connectivity index (χ2n) is 4.97. The topological polar surface area (TPSA) is 54.0 Å². The molecule has 1 aromatic heterocycles. The smallest absolute Gasteiger partial charge is 0.267 e. The summed E-state index contributed by atoms with van der Waals surface area (Å²) in [6.45, 7) is 5.63. The summed E-state index contributed by atoms with van der Waals surface area (Å²) in [5.41, 5.74) is 4.25. The number of nitrogens with one attached hydrogen (secondary N) is 2. The minimum atomic E-state index is -0.0555. The van der Waals surface area contributed by atoms with E-state index in [9.17, 15) is 4.79 Å². The van der Waals surface area contributed by atoms with E-state index in [-0.39, 0.29) is 5.91 Å². The summed E-state index contributed by atoms with van der Waals surface area (Å²) in [4.78, 5) is 17.4. The molecule has 1 aliphatic rings. The van der Waals surface area contributed by atoms with Crippen LogP contribution in [-0.4, -0.2) is 17.4 Å². The van der Waals surface area contributed by atoms with Gasteiger partial charge in [-0.15, -0.1) is 11.3 Å². The lowest BCUT2D eigenvalue weighted by atomic mass is 9.99. The number of aryl methyl sites for hydroxylation is 2. The Morgan fingerprint density at radius 3 is 3.00 bits per heavy atom. The molecule has 2 N–H and O–H groups in total. The van der Waals surface area contributed by atoms with Crippen LogP contribution in [0.4, 0.5) is 5.69 Å². The van der Waals surface area contributed by atoms with Crippen molar-refractivity contribution in [1.82, 2.24) is 10.3 Å². The fourth-order valence-corrected chi connectivity index (χ4v) is 3.39. The normalized spacial score (nSPS) is 13.9. The number of rotatable bonds is 2. The van der Waals surface area contributed by atoms with Crippen LogP contribution in [0.15, 0.2) is 18.2 Å². The number of hydrogen-bond donors (Lipinski definition) is 2. The highest BCUT2D eigenvalue weighted by molar-refractivity contribution is 7.13. The maximum Gasteiger partial charge on any atom is 0.267 e. The third kappa shape index (κ3) is 2.46. The lowest BCUT2D eigenvalue weighted by Gasteiger charge is -2.20. The van der Waals surface area contributed by atoms with Crippen LogP contribution in [0, 0.1) is 13.8 Å². The first-order valence-electron chi connectivity index (χ1n) is 6.72. The molecule has 0 radical (unpaired) electrons.